The topological polar surface area (TPSA) is 62.2 Å². The second-order valence-corrected chi connectivity index (χ2v) is 14.5. The van der Waals surface area contributed by atoms with Crippen molar-refractivity contribution < 1.29 is 40.0 Å². The summed E-state index contributed by atoms with van der Waals surface area (Å²) in [4.78, 5) is 0.492. The van der Waals surface area contributed by atoms with Gasteiger partial charge in [0, 0.05) is 29.1 Å². The number of ether oxygens (including phenoxy) is 2. The fraction of sp³-hybridized carbons (Fsp3) is 0.389. The normalized spacial score (nSPS) is 13.6. The molecule has 0 unspecified atom stereocenters. The van der Waals surface area contributed by atoms with E-state index < -0.39 is 10.8 Å². The monoisotopic (exact) mass is 716 g/mol. The Labute approximate surface area is 285 Å². The number of aryl methyl sites for hydroxylation is 2. The number of hydrogen-bond acceptors (Lipinski definition) is 5. The first-order chi connectivity index (χ1) is 21.1. The summed E-state index contributed by atoms with van der Waals surface area (Å²) < 4.78 is 38.1. The molecule has 0 atom stereocenters. The molecule has 1 aliphatic heterocycles. The van der Waals surface area contributed by atoms with E-state index in [0.717, 1.165) is 65.6 Å². The summed E-state index contributed by atoms with van der Waals surface area (Å²) in [7, 11) is -3.30. The molecule has 0 aromatic heterocycles. The lowest BCUT2D eigenvalue weighted by atomic mass is 10.1. The van der Waals surface area contributed by atoms with Gasteiger partial charge in [0.25, 0.3) is 0 Å². The molecular weight excluding hydrogens is 672 g/mol. The largest absolute Gasteiger partial charge is 1.00 e. The number of halogens is 2. The molecule has 6 nitrogen and oxygen atoms in total. The molecule has 0 radical (unpaired) electrons. The van der Waals surface area contributed by atoms with E-state index in [4.69, 9.17) is 21.1 Å². The highest BCUT2D eigenvalue weighted by Gasteiger charge is 2.28. The molecule has 0 saturated carbocycles. The van der Waals surface area contributed by atoms with Crippen molar-refractivity contribution in [1.82, 2.24) is 4.31 Å². The minimum atomic E-state index is -3.30. The molecule has 2 N–H and O–H groups in total. The molecule has 4 aromatic rings. The van der Waals surface area contributed by atoms with Crippen molar-refractivity contribution >= 4 is 33.1 Å². The van der Waals surface area contributed by atoms with Gasteiger partial charge in [0.15, 0.2) is 11.5 Å². The van der Waals surface area contributed by atoms with Crippen LogP contribution in [0.1, 0.15) is 48.9 Å². The number of nitrogens with zero attached hydrogens (tertiary/aromatic N) is 2. The first kappa shape index (κ1) is 35.6. The minimum absolute atomic E-state index is 0. The van der Waals surface area contributed by atoms with E-state index in [1.54, 1.807) is 6.07 Å². The number of fused-ring (bicyclic) bond motifs is 2. The fourth-order valence-electron chi connectivity index (χ4n) is 6.35. The fourth-order valence-corrected chi connectivity index (χ4v) is 8.14. The van der Waals surface area contributed by atoms with E-state index in [1.807, 2.05) is 52.8 Å². The lowest BCUT2D eigenvalue weighted by Crippen LogP contribution is -3.00. The van der Waals surface area contributed by atoms with Gasteiger partial charge < -0.3 is 30.9 Å². The summed E-state index contributed by atoms with van der Waals surface area (Å²) in [5, 5.41) is 2.42. The van der Waals surface area contributed by atoms with E-state index >= 15 is 0 Å². The highest BCUT2D eigenvalue weighted by Crippen LogP contribution is 2.53. The van der Waals surface area contributed by atoms with Crippen molar-refractivity contribution in [3.8, 4) is 11.5 Å². The third-order valence-corrected chi connectivity index (χ3v) is 11.1. The maximum absolute atomic E-state index is 11.8. The first-order valence-electron chi connectivity index (χ1n) is 15.6. The van der Waals surface area contributed by atoms with Crippen LogP contribution in [0, 0.1) is 13.8 Å². The highest BCUT2D eigenvalue weighted by atomic mass is 79.9. The quantitative estimate of drug-likeness (QED) is 0.127. The minimum Gasteiger partial charge on any atom is -1.00 e. The van der Waals surface area contributed by atoms with Gasteiger partial charge in [-0.15, -0.1) is 10.8 Å². The molecule has 9 heteroatoms. The Morgan fingerprint density at radius 2 is 1.53 bits per heavy atom. The number of hydrogen-bond donors (Lipinski definition) is 2. The zero-order chi connectivity index (χ0) is 31.3. The number of benzene rings is 4. The number of rotatable bonds is 13. The maximum Gasteiger partial charge on any atom is 0.161 e. The molecule has 0 aliphatic carbocycles. The number of unbranched alkanes of at least 4 members (excludes halogenated alkanes) is 1. The predicted molar refractivity (Wildman–Crippen MR) is 183 cm³/mol. The van der Waals surface area contributed by atoms with Crippen molar-refractivity contribution in [2.45, 2.75) is 58.5 Å². The Balaban J connectivity index is 0.00000461. The molecule has 1 aliphatic rings. The van der Waals surface area contributed by atoms with E-state index in [0.29, 0.717) is 42.0 Å². The zero-order valence-electron chi connectivity index (χ0n) is 26.8. The summed E-state index contributed by atoms with van der Waals surface area (Å²) in [6, 6.07) is 23.9. The molecule has 244 valence electrons. The Kier molecular flexibility index (Phi) is 12.3. The maximum atomic E-state index is 11.8. The average molecular weight is 718 g/mol. The van der Waals surface area contributed by atoms with Crippen molar-refractivity contribution in [3.63, 3.8) is 0 Å². The lowest BCUT2D eigenvalue weighted by molar-refractivity contribution is -0.938. The van der Waals surface area contributed by atoms with Gasteiger partial charge in [-0.05, 0) is 81.8 Å². The summed E-state index contributed by atoms with van der Waals surface area (Å²) >= 11 is 6.41. The van der Waals surface area contributed by atoms with Crippen LogP contribution in [-0.4, -0.2) is 57.3 Å². The van der Waals surface area contributed by atoms with Crippen LogP contribution >= 0.6 is 22.4 Å². The second kappa shape index (κ2) is 15.5. The van der Waals surface area contributed by atoms with Gasteiger partial charge in [0.2, 0.25) is 0 Å². The summed E-state index contributed by atoms with van der Waals surface area (Å²) in [5.74, 6) is 1.42. The van der Waals surface area contributed by atoms with Crippen molar-refractivity contribution in [1.29, 1.82) is 0 Å². The average Bonchev–Trinajstić information content (AvgIpc) is 3.01. The SMILES string of the molecule is CC[N+](CC)(CCCCN(Cc1ccc2c(c1)OCCO2)S(O)(O)c1ccc2c(Cl)cccc2c1)Cc1cc(C)cc(C)c1.[Br-]. The second-order valence-electron chi connectivity index (χ2n) is 12.0. The van der Waals surface area contributed by atoms with Crippen LogP contribution in [0.2, 0.25) is 5.02 Å². The Morgan fingerprint density at radius 1 is 0.822 bits per heavy atom. The molecule has 0 bridgehead atoms. The Bertz CT molecular complexity index is 1580. The molecule has 45 heavy (non-hydrogen) atoms. The number of quaternary nitrogens is 1. The molecule has 0 saturated heterocycles. The zero-order valence-corrected chi connectivity index (χ0v) is 29.9. The van der Waals surface area contributed by atoms with E-state index in [-0.39, 0.29) is 17.0 Å². The van der Waals surface area contributed by atoms with E-state index in [9.17, 15) is 9.11 Å². The first-order valence-corrected chi connectivity index (χ1v) is 17.5. The van der Waals surface area contributed by atoms with Gasteiger partial charge in [-0.25, -0.2) is 0 Å². The summed E-state index contributed by atoms with van der Waals surface area (Å²) in [6.45, 7) is 15.0. The molecule has 5 rings (SSSR count). The molecule has 4 aromatic carbocycles. The van der Waals surface area contributed by atoms with Crippen molar-refractivity contribution in [2.24, 2.45) is 0 Å². The van der Waals surface area contributed by atoms with Crippen LogP contribution in [-0.2, 0) is 13.1 Å². The highest BCUT2D eigenvalue weighted by molar-refractivity contribution is 8.22. The van der Waals surface area contributed by atoms with Crippen LogP contribution < -0.4 is 26.5 Å². The smallest absolute Gasteiger partial charge is 0.161 e. The van der Waals surface area contributed by atoms with Gasteiger partial charge >= 0.3 is 0 Å². The van der Waals surface area contributed by atoms with Crippen LogP contribution in [0.15, 0.2) is 77.7 Å². The third-order valence-electron chi connectivity index (χ3n) is 8.87. The van der Waals surface area contributed by atoms with Crippen molar-refractivity contribution in [2.75, 3.05) is 39.4 Å². The van der Waals surface area contributed by atoms with Crippen LogP contribution in [0.5, 0.6) is 11.5 Å². The van der Waals surface area contributed by atoms with Gasteiger partial charge in [-0.3, -0.25) is 9.11 Å². The molecule has 0 spiro atoms. The predicted octanol–water partition coefficient (Wildman–Crippen LogP) is 6.25. The molecule has 0 fully saturated rings. The lowest BCUT2D eigenvalue weighted by Gasteiger charge is -2.43. The van der Waals surface area contributed by atoms with Gasteiger partial charge in [0.05, 0.1) is 24.5 Å². The molecule has 1 heterocycles. The van der Waals surface area contributed by atoms with Gasteiger partial charge in [-0.2, -0.15) is 4.31 Å². The summed E-state index contributed by atoms with van der Waals surface area (Å²) in [5.41, 5.74) is 4.94. The summed E-state index contributed by atoms with van der Waals surface area (Å²) in [6.07, 6.45) is 1.82. The van der Waals surface area contributed by atoms with Crippen LogP contribution in [0.25, 0.3) is 10.8 Å². The van der Waals surface area contributed by atoms with Crippen molar-refractivity contribution in [3.05, 3.63) is 100 Å². The Hall–Kier alpha value is -2.30. The van der Waals surface area contributed by atoms with Gasteiger partial charge in [-0.1, -0.05) is 65.2 Å². The van der Waals surface area contributed by atoms with E-state index in [1.165, 1.54) is 16.7 Å². The van der Waals surface area contributed by atoms with Crippen LogP contribution in [0.3, 0.4) is 0 Å². The molecule has 0 amide bonds. The molecular formula is C36H46BrClN2O4S. The van der Waals surface area contributed by atoms with E-state index in [2.05, 4.69) is 45.9 Å². The Morgan fingerprint density at radius 3 is 2.24 bits per heavy atom. The van der Waals surface area contributed by atoms with Gasteiger partial charge in [0.1, 0.15) is 19.8 Å². The van der Waals surface area contributed by atoms with Crippen LogP contribution in [0.4, 0.5) is 0 Å². The third kappa shape index (κ3) is 8.55. The standard InChI is InChI=1S/C36H45ClN2O4S.BrH/c1-5-39(6-2,26-30-21-27(3)20-28(4)22-30)17-8-7-16-38(25-29-12-15-35-36(23-29)43-19-18-42-35)44(40,41)32-13-14-33-31(24-32)10-9-11-34(33)37;/h9-15,20-24H,5-8,16-19,25-26H2,1-4H3,(H-,40,41);1H.